The van der Waals surface area contributed by atoms with Gasteiger partial charge >= 0.3 is 0 Å². The van der Waals surface area contributed by atoms with Crippen LogP contribution in [0.4, 0.5) is 0 Å². The van der Waals surface area contributed by atoms with Crippen LogP contribution in [0.3, 0.4) is 0 Å². The molecule has 110 valence electrons. The maximum Gasteiger partial charge on any atom is 0.220 e. The zero-order valence-electron chi connectivity index (χ0n) is 10.7. The molecule has 1 saturated heterocycles. The molecule has 8 heteroatoms. The van der Waals surface area contributed by atoms with Crippen LogP contribution in [0.2, 0.25) is 0 Å². The molecule has 1 aliphatic rings. The van der Waals surface area contributed by atoms with Gasteiger partial charge in [-0.15, -0.1) is 12.4 Å². The molecule has 0 bridgehead atoms. The number of halogens is 1. The van der Waals surface area contributed by atoms with E-state index in [-0.39, 0.29) is 24.2 Å². The molecular weight excluding hydrogens is 302 g/mol. The number of fused-ring (bicyclic) bond motifs is 1. The molecule has 1 aromatic carbocycles. The summed E-state index contributed by atoms with van der Waals surface area (Å²) < 4.78 is 31.1. The summed E-state index contributed by atoms with van der Waals surface area (Å²) in [7, 11) is -3.38. The standard InChI is InChI=1S/C12H15N3O3S.ClH/c13-9-5-6-15(7-9)19(16,17)8-11-10-3-1-2-4-12(10)18-14-11;/h1-4,9H,5-8,13H2;1H/t9-;/m0./s1. The van der Waals surface area contributed by atoms with E-state index in [2.05, 4.69) is 5.16 Å². The first-order chi connectivity index (χ1) is 9.06. The quantitative estimate of drug-likeness (QED) is 0.916. The summed E-state index contributed by atoms with van der Waals surface area (Å²) in [4.78, 5) is 0. The van der Waals surface area contributed by atoms with E-state index in [1.54, 1.807) is 6.07 Å². The monoisotopic (exact) mass is 317 g/mol. The Balaban J connectivity index is 0.00000147. The highest BCUT2D eigenvalue weighted by atomic mass is 35.5. The summed E-state index contributed by atoms with van der Waals surface area (Å²) in [6.45, 7) is 0.872. The summed E-state index contributed by atoms with van der Waals surface area (Å²) in [6, 6.07) is 7.17. The van der Waals surface area contributed by atoms with Gasteiger partial charge in [-0.2, -0.15) is 4.31 Å². The number of nitrogens with zero attached hydrogens (tertiary/aromatic N) is 2. The largest absolute Gasteiger partial charge is 0.356 e. The maximum atomic E-state index is 12.3. The summed E-state index contributed by atoms with van der Waals surface area (Å²) in [5, 5.41) is 4.60. The van der Waals surface area contributed by atoms with Crippen molar-refractivity contribution in [3.63, 3.8) is 0 Å². The van der Waals surface area contributed by atoms with Gasteiger partial charge in [0.15, 0.2) is 5.58 Å². The second kappa shape index (κ2) is 5.69. The molecule has 1 fully saturated rings. The van der Waals surface area contributed by atoms with Crippen LogP contribution in [0, 0.1) is 0 Å². The minimum Gasteiger partial charge on any atom is -0.356 e. The molecule has 6 nitrogen and oxygen atoms in total. The van der Waals surface area contributed by atoms with E-state index in [4.69, 9.17) is 10.3 Å². The lowest BCUT2D eigenvalue weighted by molar-refractivity contribution is 0.443. The number of sulfonamides is 1. The van der Waals surface area contributed by atoms with E-state index in [0.717, 1.165) is 5.39 Å². The van der Waals surface area contributed by atoms with Gasteiger partial charge < -0.3 is 10.3 Å². The molecule has 3 rings (SSSR count). The van der Waals surface area contributed by atoms with Gasteiger partial charge in [-0.1, -0.05) is 17.3 Å². The van der Waals surface area contributed by atoms with Gasteiger partial charge in [-0.05, 0) is 18.6 Å². The molecule has 0 unspecified atom stereocenters. The van der Waals surface area contributed by atoms with E-state index >= 15 is 0 Å². The zero-order valence-corrected chi connectivity index (χ0v) is 12.4. The third kappa shape index (κ3) is 2.80. The molecule has 0 radical (unpaired) electrons. The lowest BCUT2D eigenvalue weighted by atomic mass is 10.2. The van der Waals surface area contributed by atoms with Crippen molar-refractivity contribution in [3.05, 3.63) is 30.0 Å². The molecule has 2 aromatic rings. The molecule has 20 heavy (non-hydrogen) atoms. The number of para-hydroxylation sites is 1. The Kier molecular flexibility index (Phi) is 4.33. The number of nitrogens with two attached hydrogens (primary N) is 1. The van der Waals surface area contributed by atoms with E-state index < -0.39 is 10.0 Å². The maximum absolute atomic E-state index is 12.3. The fraction of sp³-hybridized carbons (Fsp3) is 0.417. The van der Waals surface area contributed by atoms with Crippen molar-refractivity contribution in [1.82, 2.24) is 9.46 Å². The molecule has 0 amide bonds. The highest BCUT2D eigenvalue weighted by Crippen LogP contribution is 2.22. The van der Waals surface area contributed by atoms with Gasteiger partial charge in [0.2, 0.25) is 10.0 Å². The average molecular weight is 318 g/mol. The number of hydrogen-bond donors (Lipinski definition) is 1. The lowest BCUT2D eigenvalue weighted by Crippen LogP contribution is -2.32. The Morgan fingerprint density at radius 2 is 2.15 bits per heavy atom. The van der Waals surface area contributed by atoms with Crippen molar-refractivity contribution < 1.29 is 12.9 Å². The van der Waals surface area contributed by atoms with Gasteiger partial charge in [-0.25, -0.2) is 8.42 Å². The molecular formula is C12H16ClN3O3S. The summed E-state index contributed by atoms with van der Waals surface area (Å²) in [5.74, 6) is -0.142. The van der Waals surface area contributed by atoms with Crippen molar-refractivity contribution in [2.45, 2.75) is 18.2 Å². The van der Waals surface area contributed by atoms with Crippen LogP contribution in [-0.4, -0.2) is 37.0 Å². The first kappa shape index (κ1) is 15.2. The molecule has 0 saturated carbocycles. The first-order valence-electron chi connectivity index (χ1n) is 6.13. The number of aromatic nitrogens is 1. The SMILES string of the molecule is Cl.N[C@H]1CCN(S(=O)(=O)Cc2noc3ccccc23)C1. The highest BCUT2D eigenvalue weighted by Gasteiger charge is 2.30. The number of rotatable bonds is 3. The molecule has 2 heterocycles. The molecule has 2 N–H and O–H groups in total. The van der Waals surface area contributed by atoms with Gasteiger partial charge in [-0.3, -0.25) is 0 Å². The number of hydrogen-bond acceptors (Lipinski definition) is 5. The van der Waals surface area contributed by atoms with Crippen molar-refractivity contribution in [3.8, 4) is 0 Å². The van der Waals surface area contributed by atoms with E-state index in [1.165, 1.54) is 4.31 Å². The predicted octanol–water partition coefficient (Wildman–Crippen LogP) is 1.11. The topological polar surface area (TPSA) is 89.4 Å². The second-order valence-corrected chi connectivity index (χ2v) is 6.76. The Labute approximate surface area is 123 Å². The van der Waals surface area contributed by atoms with E-state index in [9.17, 15) is 8.42 Å². The minimum absolute atomic E-state index is 0. The fourth-order valence-electron chi connectivity index (χ4n) is 2.31. The van der Waals surface area contributed by atoms with Gasteiger partial charge in [0.05, 0.1) is 0 Å². The van der Waals surface area contributed by atoms with Crippen LogP contribution < -0.4 is 5.73 Å². The van der Waals surface area contributed by atoms with Crippen LogP contribution in [0.25, 0.3) is 11.0 Å². The highest BCUT2D eigenvalue weighted by molar-refractivity contribution is 7.88. The minimum atomic E-state index is -3.38. The van der Waals surface area contributed by atoms with Crippen molar-refractivity contribution in [2.75, 3.05) is 13.1 Å². The van der Waals surface area contributed by atoms with E-state index in [1.807, 2.05) is 18.2 Å². The van der Waals surface area contributed by atoms with Crippen LogP contribution in [-0.2, 0) is 15.8 Å². The van der Waals surface area contributed by atoms with Gasteiger partial charge in [0.25, 0.3) is 0 Å². The molecule has 1 atom stereocenters. The predicted molar refractivity (Wildman–Crippen MR) is 78.0 cm³/mol. The first-order valence-corrected chi connectivity index (χ1v) is 7.74. The third-order valence-corrected chi connectivity index (χ3v) is 5.11. The van der Waals surface area contributed by atoms with E-state index in [0.29, 0.717) is 30.8 Å². The fourth-order valence-corrected chi connectivity index (χ4v) is 3.85. The molecule has 0 aliphatic carbocycles. The second-order valence-electron chi connectivity index (χ2n) is 4.79. The van der Waals surface area contributed by atoms with Crippen molar-refractivity contribution >= 4 is 33.4 Å². The van der Waals surface area contributed by atoms with Crippen LogP contribution >= 0.6 is 12.4 Å². The average Bonchev–Trinajstić information content (AvgIpc) is 2.97. The summed E-state index contributed by atoms with van der Waals surface area (Å²) in [6.07, 6.45) is 0.707. The smallest absolute Gasteiger partial charge is 0.220 e. The Morgan fingerprint density at radius 1 is 1.40 bits per heavy atom. The van der Waals surface area contributed by atoms with Gasteiger partial charge in [0, 0.05) is 24.5 Å². The summed E-state index contributed by atoms with van der Waals surface area (Å²) >= 11 is 0. The van der Waals surface area contributed by atoms with Crippen LogP contribution in [0.5, 0.6) is 0 Å². The van der Waals surface area contributed by atoms with Crippen LogP contribution in [0.15, 0.2) is 28.8 Å². The summed E-state index contributed by atoms with van der Waals surface area (Å²) in [5.41, 5.74) is 6.80. The zero-order chi connectivity index (χ0) is 13.5. The third-order valence-electron chi connectivity index (χ3n) is 3.35. The normalized spacial score (nSPS) is 20.1. The number of benzene rings is 1. The Morgan fingerprint density at radius 3 is 2.85 bits per heavy atom. The Hall–Kier alpha value is -1.15. The molecule has 1 aliphatic heterocycles. The Bertz CT molecular complexity index is 701. The van der Waals surface area contributed by atoms with Crippen LogP contribution in [0.1, 0.15) is 12.1 Å². The van der Waals surface area contributed by atoms with Gasteiger partial charge in [0.1, 0.15) is 11.4 Å². The van der Waals surface area contributed by atoms with Crippen molar-refractivity contribution in [2.24, 2.45) is 5.73 Å². The van der Waals surface area contributed by atoms with Crippen molar-refractivity contribution in [1.29, 1.82) is 0 Å². The molecule has 1 aromatic heterocycles. The lowest BCUT2D eigenvalue weighted by Gasteiger charge is -2.14. The molecule has 0 spiro atoms.